The number of unbranched alkanes of at least 4 members (excludes halogenated alkanes) is 18. The Morgan fingerprint density at radius 3 is 1.67 bits per heavy atom. The molecule has 0 aliphatic rings. The van der Waals surface area contributed by atoms with Gasteiger partial charge in [-0.1, -0.05) is 146 Å². The highest BCUT2D eigenvalue weighted by Gasteiger charge is 2.25. The zero-order valence-corrected chi connectivity index (χ0v) is 33.7. The van der Waals surface area contributed by atoms with E-state index in [1.807, 2.05) is 0 Å². The van der Waals surface area contributed by atoms with Crippen LogP contribution in [0.3, 0.4) is 0 Å². The first-order valence-electron chi connectivity index (χ1n) is 20.6. The Bertz CT molecular complexity index is 921. The zero-order chi connectivity index (χ0) is 37.4. The van der Waals surface area contributed by atoms with Gasteiger partial charge in [-0.15, -0.1) is 0 Å². The van der Waals surface area contributed by atoms with Crippen LogP contribution in [0.1, 0.15) is 174 Å². The highest BCUT2D eigenvalue weighted by atomic mass is 31.2. The number of carbonyl (C=O) groups excluding carboxylic acids is 1. The van der Waals surface area contributed by atoms with Crippen molar-refractivity contribution in [3.05, 3.63) is 48.6 Å². The van der Waals surface area contributed by atoms with E-state index in [4.69, 9.17) is 24.3 Å². The van der Waals surface area contributed by atoms with Crippen LogP contribution in [0.5, 0.6) is 0 Å². The van der Waals surface area contributed by atoms with Gasteiger partial charge < -0.3 is 20.1 Å². The summed E-state index contributed by atoms with van der Waals surface area (Å²) in [5.74, 6) is -0.344. The molecular formula is C42H78NO7P. The summed E-state index contributed by atoms with van der Waals surface area (Å²) >= 11 is 0. The van der Waals surface area contributed by atoms with Crippen molar-refractivity contribution in [2.45, 2.75) is 180 Å². The predicted molar refractivity (Wildman–Crippen MR) is 215 cm³/mol. The highest BCUT2D eigenvalue weighted by molar-refractivity contribution is 7.47. The molecule has 0 saturated heterocycles. The molecule has 0 aromatic carbocycles. The predicted octanol–water partition coefficient (Wildman–Crippen LogP) is 12.0. The third-order valence-corrected chi connectivity index (χ3v) is 9.46. The third-order valence-electron chi connectivity index (χ3n) is 8.48. The minimum Gasteiger partial charge on any atom is -0.457 e. The van der Waals surface area contributed by atoms with Gasteiger partial charge in [0.2, 0.25) is 0 Å². The summed E-state index contributed by atoms with van der Waals surface area (Å²) in [5, 5.41) is 0. The van der Waals surface area contributed by atoms with Gasteiger partial charge in [-0.3, -0.25) is 13.8 Å². The average molecular weight is 740 g/mol. The second-order valence-corrected chi connectivity index (χ2v) is 14.9. The van der Waals surface area contributed by atoms with Crippen molar-refractivity contribution in [1.29, 1.82) is 0 Å². The molecule has 0 radical (unpaired) electrons. The summed E-state index contributed by atoms with van der Waals surface area (Å²) in [6.45, 7) is 4.74. The second-order valence-electron chi connectivity index (χ2n) is 13.5. The minimum absolute atomic E-state index is 0.0943. The Morgan fingerprint density at radius 2 is 1.10 bits per heavy atom. The maximum absolute atomic E-state index is 12.6. The van der Waals surface area contributed by atoms with Gasteiger partial charge in [0.1, 0.15) is 6.10 Å². The molecular weight excluding hydrogens is 661 g/mol. The molecule has 0 fully saturated rings. The number of allylic oxidation sites excluding steroid dienone is 8. The lowest BCUT2D eigenvalue weighted by atomic mass is 10.1. The lowest BCUT2D eigenvalue weighted by Crippen LogP contribution is -2.28. The van der Waals surface area contributed by atoms with Crippen LogP contribution in [0.15, 0.2) is 48.6 Å². The topological polar surface area (TPSA) is 117 Å². The Labute approximate surface area is 313 Å². The maximum Gasteiger partial charge on any atom is 0.472 e. The van der Waals surface area contributed by atoms with Gasteiger partial charge in [-0.05, 0) is 70.6 Å². The van der Waals surface area contributed by atoms with Crippen LogP contribution in [0.25, 0.3) is 0 Å². The molecule has 9 heteroatoms. The maximum atomic E-state index is 12.6. The van der Waals surface area contributed by atoms with E-state index in [2.05, 4.69) is 62.5 Å². The van der Waals surface area contributed by atoms with Gasteiger partial charge in [0.15, 0.2) is 0 Å². The number of phosphoric ester groups is 1. The van der Waals surface area contributed by atoms with Crippen molar-refractivity contribution >= 4 is 13.8 Å². The Kier molecular flexibility index (Phi) is 38.5. The number of hydrogen-bond donors (Lipinski definition) is 2. The van der Waals surface area contributed by atoms with E-state index in [-0.39, 0.29) is 32.3 Å². The van der Waals surface area contributed by atoms with Crippen molar-refractivity contribution in [2.24, 2.45) is 5.73 Å². The molecule has 0 spiro atoms. The summed E-state index contributed by atoms with van der Waals surface area (Å²) < 4.78 is 33.3. The summed E-state index contributed by atoms with van der Waals surface area (Å²) in [7, 11) is -4.28. The van der Waals surface area contributed by atoms with E-state index in [1.54, 1.807) is 0 Å². The Morgan fingerprint density at radius 1 is 0.608 bits per heavy atom. The first-order chi connectivity index (χ1) is 24.9. The number of carbonyl (C=O) groups is 1. The lowest BCUT2D eigenvalue weighted by molar-refractivity contribution is -0.154. The van der Waals surface area contributed by atoms with Gasteiger partial charge in [0, 0.05) is 19.6 Å². The Hall–Kier alpha value is -1.54. The first kappa shape index (κ1) is 49.5. The van der Waals surface area contributed by atoms with E-state index >= 15 is 0 Å². The number of hydrogen-bond acceptors (Lipinski definition) is 7. The van der Waals surface area contributed by atoms with E-state index in [9.17, 15) is 14.3 Å². The molecule has 0 aromatic rings. The van der Waals surface area contributed by atoms with Gasteiger partial charge in [0.05, 0.1) is 19.8 Å². The molecule has 8 nitrogen and oxygen atoms in total. The summed E-state index contributed by atoms with van der Waals surface area (Å²) in [4.78, 5) is 22.4. The first-order valence-corrected chi connectivity index (χ1v) is 22.1. The summed E-state index contributed by atoms with van der Waals surface area (Å²) in [5.41, 5.74) is 5.36. The van der Waals surface area contributed by atoms with Crippen LogP contribution in [0.4, 0.5) is 0 Å². The van der Waals surface area contributed by atoms with Crippen molar-refractivity contribution in [3.8, 4) is 0 Å². The minimum atomic E-state index is -4.28. The molecule has 0 rings (SSSR count). The fourth-order valence-electron chi connectivity index (χ4n) is 5.48. The van der Waals surface area contributed by atoms with Crippen LogP contribution >= 0.6 is 7.82 Å². The molecule has 51 heavy (non-hydrogen) atoms. The van der Waals surface area contributed by atoms with Gasteiger partial charge in [-0.2, -0.15) is 0 Å². The van der Waals surface area contributed by atoms with Crippen molar-refractivity contribution in [2.75, 3.05) is 33.0 Å². The molecule has 0 aromatic heterocycles. The van der Waals surface area contributed by atoms with Gasteiger partial charge in [0.25, 0.3) is 0 Å². The van der Waals surface area contributed by atoms with Crippen LogP contribution in [-0.2, 0) is 27.9 Å². The molecule has 0 aliphatic heterocycles. The molecule has 0 heterocycles. The SMILES string of the molecule is CC/C=C\C/C=C\C/C=C\CCCCCCOCC(COP(=O)(O)OCCN)OC(=O)CCCCCCCCC/C=C\CCCCCCCCC. The van der Waals surface area contributed by atoms with Crippen LogP contribution in [-0.4, -0.2) is 49.9 Å². The fourth-order valence-corrected chi connectivity index (χ4v) is 6.24. The average Bonchev–Trinajstić information content (AvgIpc) is 3.12. The summed E-state index contributed by atoms with van der Waals surface area (Å²) in [6.07, 6.45) is 45.6. The smallest absolute Gasteiger partial charge is 0.457 e. The molecule has 0 saturated carbocycles. The third kappa shape index (κ3) is 39.5. The highest BCUT2D eigenvalue weighted by Crippen LogP contribution is 2.43. The van der Waals surface area contributed by atoms with E-state index in [1.165, 1.54) is 83.5 Å². The van der Waals surface area contributed by atoms with Gasteiger partial charge in [-0.25, -0.2) is 4.57 Å². The van der Waals surface area contributed by atoms with Crippen LogP contribution < -0.4 is 5.73 Å². The van der Waals surface area contributed by atoms with Gasteiger partial charge >= 0.3 is 13.8 Å². The Balaban J connectivity index is 4.08. The number of rotatable bonds is 39. The standard InChI is InChI=1S/C42H78NO7P/c1-3-5-7-9-11-13-15-17-19-20-21-22-23-25-27-29-31-33-35-42(44)50-41(40-49-51(45,46)48-38-36-43)39-47-37-34-32-30-28-26-24-18-16-14-12-10-8-6-4-2/h6,8,12,14,18-20,24,41H,3-5,7,9-11,13,15-17,21-23,25-40,43H2,1-2H3,(H,45,46)/b8-6-,14-12-,20-19-,24-18-. The quantitative estimate of drug-likeness (QED) is 0.0277. The van der Waals surface area contributed by atoms with Crippen molar-refractivity contribution < 1.29 is 32.8 Å². The largest absolute Gasteiger partial charge is 0.472 e. The molecule has 0 aliphatic carbocycles. The van der Waals surface area contributed by atoms with E-state index < -0.39 is 13.9 Å². The van der Waals surface area contributed by atoms with Crippen LogP contribution in [0, 0.1) is 0 Å². The zero-order valence-electron chi connectivity index (χ0n) is 32.8. The molecule has 0 amide bonds. The second kappa shape index (κ2) is 39.7. The van der Waals surface area contributed by atoms with Crippen molar-refractivity contribution in [3.63, 3.8) is 0 Å². The fraction of sp³-hybridized carbons (Fsp3) is 0.786. The number of phosphoric acid groups is 1. The van der Waals surface area contributed by atoms with E-state index in [0.717, 1.165) is 70.6 Å². The lowest BCUT2D eigenvalue weighted by Gasteiger charge is -2.20. The normalized spacial score (nSPS) is 14.0. The molecule has 298 valence electrons. The molecule has 2 unspecified atom stereocenters. The number of ether oxygens (including phenoxy) is 2. The number of esters is 1. The molecule has 0 bridgehead atoms. The molecule has 3 N–H and O–H groups in total. The summed E-state index contributed by atoms with van der Waals surface area (Å²) in [6, 6.07) is 0. The van der Waals surface area contributed by atoms with Crippen molar-refractivity contribution in [1.82, 2.24) is 0 Å². The van der Waals surface area contributed by atoms with E-state index in [0.29, 0.717) is 13.0 Å². The molecule has 2 atom stereocenters. The monoisotopic (exact) mass is 740 g/mol. The number of nitrogens with two attached hydrogens (primary N) is 1. The van der Waals surface area contributed by atoms with Crippen LogP contribution in [0.2, 0.25) is 0 Å².